The maximum absolute atomic E-state index is 14.0. The van der Waals surface area contributed by atoms with E-state index in [-0.39, 0.29) is 10.6 Å². The SMILES string of the molecule is Cn1ccnc1C1CNCCN1S(=O)(=O)c1cnn(-c2ccccc2F)c1. The zero-order valence-corrected chi connectivity index (χ0v) is 15.5. The van der Waals surface area contributed by atoms with Crippen molar-refractivity contribution in [2.75, 3.05) is 19.6 Å². The summed E-state index contributed by atoms with van der Waals surface area (Å²) in [5.41, 5.74) is 0.194. The largest absolute Gasteiger partial charge is 0.337 e. The number of benzene rings is 1. The lowest BCUT2D eigenvalue weighted by molar-refractivity contribution is 0.258. The molecule has 0 bridgehead atoms. The predicted molar refractivity (Wildman–Crippen MR) is 96.2 cm³/mol. The monoisotopic (exact) mass is 390 g/mol. The number of aryl methyl sites for hydroxylation is 1. The quantitative estimate of drug-likeness (QED) is 0.721. The van der Waals surface area contributed by atoms with Gasteiger partial charge in [-0.2, -0.15) is 9.40 Å². The number of para-hydroxylation sites is 1. The third-order valence-electron chi connectivity index (χ3n) is 4.62. The minimum Gasteiger partial charge on any atom is -0.337 e. The molecule has 1 atom stereocenters. The first kappa shape index (κ1) is 17.8. The molecular formula is C17H19FN6O2S. The van der Waals surface area contributed by atoms with Gasteiger partial charge >= 0.3 is 0 Å². The predicted octanol–water partition coefficient (Wildman–Crippen LogP) is 1.08. The maximum atomic E-state index is 14.0. The molecule has 0 amide bonds. The van der Waals surface area contributed by atoms with Gasteiger partial charge in [0.1, 0.15) is 22.2 Å². The minimum absolute atomic E-state index is 0.0202. The Hall–Kier alpha value is -2.56. The highest BCUT2D eigenvalue weighted by atomic mass is 32.2. The van der Waals surface area contributed by atoms with E-state index in [1.165, 1.54) is 27.4 Å². The molecule has 1 saturated heterocycles. The van der Waals surface area contributed by atoms with Crippen molar-refractivity contribution in [1.82, 2.24) is 29.0 Å². The lowest BCUT2D eigenvalue weighted by atomic mass is 10.2. The van der Waals surface area contributed by atoms with Gasteiger partial charge in [0.05, 0.1) is 18.4 Å². The van der Waals surface area contributed by atoms with E-state index in [1.807, 2.05) is 11.6 Å². The summed E-state index contributed by atoms with van der Waals surface area (Å²) >= 11 is 0. The Morgan fingerprint density at radius 1 is 1.30 bits per heavy atom. The van der Waals surface area contributed by atoms with Crippen LogP contribution in [0.2, 0.25) is 0 Å². The molecule has 4 rings (SSSR count). The molecule has 1 unspecified atom stereocenters. The second kappa shape index (κ2) is 6.87. The van der Waals surface area contributed by atoms with E-state index in [0.29, 0.717) is 25.5 Å². The molecule has 0 radical (unpaired) electrons. The Morgan fingerprint density at radius 3 is 2.85 bits per heavy atom. The van der Waals surface area contributed by atoms with Gasteiger partial charge < -0.3 is 9.88 Å². The first-order valence-corrected chi connectivity index (χ1v) is 9.92. The van der Waals surface area contributed by atoms with Crippen LogP contribution in [0.25, 0.3) is 5.69 Å². The van der Waals surface area contributed by atoms with Gasteiger partial charge in [-0.15, -0.1) is 0 Å². The van der Waals surface area contributed by atoms with Crippen molar-refractivity contribution in [3.63, 3.8) is 0 Å². The number of piperazine rings is 1. The standard InChI is InChI=1S/C17H19FN6O2S/c1-22-8-7-20-17(22)16-11-19-6-9-24(16)27(25,26)13-10-21-23(12-13)15-5-3-2-4-14(15)18/h2-5,7-8,10,12,16,19H,6,9,11H2,1H3. The Bertz CT molecular complexity index is 1060. The molecule has 1 aliphatic rings. The van der Waals surface area contributed by atoms with E-state index in [2.05, 4.69) is 15.4 Å². The van der Waals surface area contributed by atoms with Crippen LogP contribution in [-0.4, -0.2) is 51.7 Å². The third kappa shape index (κ3) is 3.15. The second-order valence-corrected chi connectivity index (χ2v) is 8.19. The fraction of sp³-hybridized carbons (Fsp3) is 0.294. The number of aromatic nitrogens is 4. The molecular weight excluding hydrogens is 371 g/mol. The van der Waals surface area contributed by atoms with E-state index in [0.717, 1.165) is 0 Å². The van der Waals surface area contributed by atoms with Crippen LogP contribution in [0.4, 0.5) is 4.39 Å². The van der Waals surface area contributed by atoms with Crippen molar-refractivity contribution < 1.29 is 12.8 Å². The van der Waals surface area contributed by atoms with Gasteiger partial charge in [0.2, 0.25) is 10.0 Å². The summed E-state index contributed by atoms with van der Waals surface area (Å²) in [5.74, 6) is 0.185. The molecule has 1 N–H and O–H groups in total. The Kier molecular flexibility index (Phi) is 4.54. The first-order valence-electron chi connectivity index (χ1n) is 8.48. The van der Waals surface area contributed by atoms with Gasteiger partial charge in [-0.1, -0.05) is 12.1 Å². The summed E-state index contributed by atoms with van der Waals surface area (Å²) in [4.78, 5) is 4.33. The van der Waals surface area contributed by atoms with Crippen LogP contribution in [0.15, 0.2) is 53.9 Å². The molecule has 142 valence electrons. The number of rotatable bonds is 4. The van der Waals surface area contributed by atoms with Crippen molar-refractivity contribution >= 4 is 10.0 Å². The van der Waals surface area contributed by atoms with Gasteiger partial charge in [-0.3, -0.25) is 0 Å². The normalized spacial score (nSPS) is 18.7. The van der Waals surface area contributed by atoms with Crippen LogP contribution in [0, 0.1) is 5.82 Å². The van der Waals surface area contributed by atoms with Crippen LogP contribution in [0.1, 0.15) is 11.9 Å². The van der Waals surface area contributed by atoms with Gasteiger partial charge in [0, 0.05) is 39.1 Å². The molecule has 0 spiro atoms. The van der Waals surface area contributed by atoms with Gasteiger partial charge in [0.25, 0.3) is 0 Å². The van der Waals surface area contributed by atoms with Crippen molar-refractivity contribution in [2.24, 2.45) is 7.05 Å². The molecule has 8 nitrogen and oxygen atoms in total. The Morgan fingerprint density at radius 2 is 2.11 bits per heavy atom. The molecule has 3 aromatic rings. The van der Waals surface area contributed by atoms with Crippen molar-refractivity contribution in [3.05, 3.63) is 60.7 Å². The van der Waals surface area contributed by atoms with Gasteiger partial charge in [-0.25, -0.2) is 22.5 Å². The smallest absolute Gasteiger partial charge is 0.246 e. The fourth-order valence-electron chi connectivity index (χ4n) is 3.24. The molecule has 2 aromatic heterocycles. The van der Waals surface area contributed by atoms with E-state index in [1.54, 1.807) is 30.6 Å². The zero-order valence-electron chi connectivity index (χ0n) is 14.7. The van der Waals surface area contributed by atoms with E-state index in [4.69, 9.17) is 0 Å². The maximum Gasteiger partial charge on any atom is 0.246 e. The summed E-state index contributed by atoms with van der Waals surface area (Å²) in [5, 5.41) is 7.26. The van der Waals surface area contributed by atoms with Crippen molar-refractivity contribution in [3.8, 4) is 5.69 Å². The summed E-state index contributed by atoms with van der Waals surface area (Å²) in [6.07, 6.45) is 6.01. The number of sulfonamides is 1. The highest BCUT2D eigenvalue weighted by molar-refractivity contribution is 7.89. The van der Waals surface area contributed by atoms with Gasteiger partial charge in [0.15, 0.2) is 0 Å². The van der Waals surface area contributed by atoms with Crippen molar-refractivity contribution in [1.29, 1.82) is 0 Å². The molecule has 1 aromatic carbocycles. The summed E-state index contributed by atoms with van der Waals surface area (Å²) in [6.45, 7) is 1.32. The van der Waals surface area contributed by atoms with Crippen LogP contribution in [0.3, 0.4) is 0 Å². The van der Waals surface area contributed by atoms with Crippen molar-refractivity contribution in [2.45, 2.75) is 10.9 Å². The van der Waals surface area contributed by atoms with Crippen LogP contribution in [-0.2, 0) is 17.1 Å². The van der Waals surface area contributed by atoms with E-state index in [9.17, 15) is 12.8 Å². The van der Waals surface area contributed by atoms with Crippen LogP contribution in [0.5, 0.6) is 0 Å². The Labute approximate surface area is 156 Å². The summed E-state index contributed by atoms with van der Waals surface area (Å²) < 4.78 is 45.0. The third-order valence-corrected chi connectivity index (χ3v) is 6.48. The Balaban J connectivity index is 1.70. The average molecular weight is 390 g/mol. The summed E-state index contributed by atoms with van der Waals surface area (Å²) in [7, 11) is -1.99. The fourth-order valence-corrected chi connectivity index (χ4v) is 4.76. The zero-order chi connectivity index (χ0) is 19.0. The van der Waals surface area contributed by atoms with Crippen LogP contribution < -0.4 is 5.32 Å². The number of imidazole rings is 1. The number of nitrogens with zero attached hydrogens (tertiary/aromatic N) is 5. The lowest BCUT2D eigenvalue weighted by Crippen LogP contribution is -2.49. The molecule has 0 saturated carbocycles. The second-order valence-electron chi connectivity index (χ2n) is 6.30. The number of hydrogen-bond acceptors (Lipinski definition) is 5. The highest BCUT2D eigenvalue weighted by Crippen LogP contribution is 2.28. The number of halogens is 1. The first-order chi connectivity index (χ1) is 13.0. The molecule has 27 heavy (non-hydrogen) atoms. The molecule has 10 heteroatoms. The topological polar surface area (TPSA) is 85.1 Å². The molecule has 3 heterocycles. The lowest BCUT2D eigenvalue weighted by Gasteiger charge is -2.34. The number of hydrogen-bond donors (Lipinski definition) is 1. The molecule has 0 aliphatic carbocycles. The van der Waals surface area contributed by atoms with Gasteiger partial charge in [-0.05, 0) is 12.1 Å². The van der Waals surface area contributed by atoms with Crippen LogP contribution >= 0.6 is 0 Å². The molecule has 1 fully saturated rings. The summed E-state index contributed by atoms with van der Waals surface area (Å²) in [6, 6.07) is 5.65. The van der Waals surface area contributed by atoms with E-state index < -0.39 is 21.9 Å². The highest BCUT2D eigenvalue weighted by Gasteiger charge is 2.37. The average Bonchev–Trinajstić information content (AvgIpc) is 3.32. The van der Waals surface area contributed by atoms with E-state index >= 15 is 0 Å². The number of nitrogens with one attached hydrogen (secondary N) is 1. The molecule has 1 aliphatic heterocycles. The minimum atomic E-state index is -3.82.